The summed E-state index contributed by atoms with van der Waals surface area (Å²) in [7, 11) is 2.22. The summed E-state index contributed by atoms with van der Waals surface area (Å²) in [6, 6.07) is 7.82. The predicted octanol–water partition coefficient (Wildman–Crippen LogP) is 3.15. The van der Waals surface area contributed by atoms with Gasteiger partial charge in [-0.2, -0.15) is 0 Å². The summed E-state index contributed by atoms with van der Waals surface area (Å²) >= 11 is 0. The number of benzene rings is 1. The van der Waals surface area contributed by atoms with Gasteiger partial charge in [-0.05, 0) is 69.3 Å². The number of likely N-dealkylation sites (N-methyl/N-ethyl adjacent to an activating group) is 1. The predicted molar refractivity (Wildman–Crippen MR) is 106 cm³/mol. The van der Waals surface area contributed by atoms with Crippen LogP contribution in [0.1, 0.15) is 44.1 Å². The van der Waals surface area contributed by atoms with Crippen molar-refractivity contribution in [1.82, 2.24) is 9.80 Å². The zero-order chi connectivity index (χ0) is 17.6. The molecular formula is C22H33N3O. The molecule has 1 aliphatic carbocycles. The topological polar surface area (TPSA) is 19.0 Å². The number of piperidine rings is 1. The van der Waals surface area contributed by atoms with E-state index < -0.39 is 0 Å². The van der Waals surface area contributed by atoms with Gasteiger partial charge in [0, 0.05) is 51.0 Å². The van der Waals surface area contributed by atoms with Gasteiger partial charge in [0.2, 0.25) is 0 Å². The third-order valence-corrected chi connectivity index (χ3v) is 7.39. The molecule has 0 radical (unpaired) electrons. The highest BCUT2D eigenvalue weighted by molar-refractivity contribution is 5.54. The molecule has 0 bridgehead atoms. The van der Waals surface area contributed by atoms with E-state index in [-0.39, 0.29) is 5.60 Å². The second-order valence-corrected chi connectivity index (χ2v) is 8.99. The molecule has 4 nitrogen and oxygen atoms in total. The number of fused-ring (bicyclic) bond motifs is 1. The van der Waals surface area contributed by atoms with E-state index in [2.05, 4.69) is 39.9 Å². The maximum Gasteiger partial charge on any atom is 0.123 e. The molecule has 0 atom stereocenters. The average molecular weight is 356 g/mol. The summed E-state index contributed by atoms with van der Waals surface area (Å²) in [6.45, 7) is 7.06. The highest BCUT2D eigenvalue weighted by Gasteiger charge is 2.41. The first-order valence-corrected chi connectivity index (χ1v) is 10.7. The van der Waals surface area contributed by atoms with E-state index >= 15 is 0 Å². The van der Waals surface area contributed by atoms with E-state index in [0.29, 0.717) is 0 Å². The molecule has 26 heavy (non-hydrogen) atoms. The third-order valence-electron chi connectivity index (χ3n) is 7.39. The summed E-state index contributed by atoms with van der Waals surface area (Å²) in [5.41, 5.74) is 2.92. The van der Waals surface area contributed by atoms with Crippen LogP contribution in [-0.2, 0) is 6.42 Å². The minimum Gasteiger partial charge on any atom is -0.487 e. The molecule has 0 amide bonds. The van der Waals surface area contributed by atoms with Gasteiger partial charge in [-0.15, -0.1) is 0 Å². The van der Waals surface area contributed by atoms with Crippen LogP contribution in [-0.4, -0.2) is 67.8 Å². The van der Waals surface area contributed by atoms with Gasteiger partial charge in [-0.1, -0.05) is 6.42 Å². The van der Waals surface area contributed by atoms with Crippen molar-refractivity contribution in [2.75, 3.05) is 51.2 Å². The Morgan fingerprint density at radius 3 is 2.42 bits per heavy atom. The average Bonchev–Trinajstić information content (AvgIpc) is 2.63. The van der Waals surface area contributed by atoms with E-state index in [0.717, 1.165) is 38.0 Å². The Kier molecular flexibility index (Phi) is 4.36. The van der Waals surface area contributed by atoms with E-state index in [1.54, 1.807) is 0 Å². The molecule has 1 spiro atoms. The third kappa shape index (κ3) is 3.11. The normalized spacial score (nSPS) is 27.0. The Balaban J connectivity index is 1.25. The molecule has 4 heteroatoms. The lowest BCUT2D eigenvalue weighted by Gasteiger charge is -2.48. The Morgan fingerprint density at radius 2 is 1.73 bits per heavy atom. The molecule has 1 saturated carbocycles. The van der Waals surface area contributed by atoms with E-state index in [4.69, 9.17) is 4.74 Å². The Labute approximate surface area is 158 Å². The summed E-state index contributed by atoms with van der Waals surface area (Å²) < 4.78 is 6.65. The lowest BCUT2D eigenvalue weighted by Crippen LogP contribution is -2.53. The molecule has 3 fully saturated rings. The number of anilines is 1. The van der Waals surface area contributed by atoms with Gasteiger partial charge in [0.05, 0.1) is 0 Å². The standard InChI is InChI=1S/C22H33N3O/c1-23-13-15-25(16-14-23)20-5-6-21-18(17-20)7-8-22(26-21)9-11-24(12-10-22)19-3-2-4-19/h5-6,17,19H,2-4,7-16H2,1H3. The second-order valence-electron chi connectivity index (χ2n) is 8.99. The quantitative estimate of drug-likeness (QED) is 0.811. The number of aryl methyl sites for hydroxylation is 1. The Hall–Kier alpha value is -1.26. The molecule has 4 aliphatic rings. The minimum absolute atomic E-state index is 0.114. The number of rotatable bonds is 2. The zero-order valence-corrected chi connectivity index (χ0v) is 16.3. The first kappa shape index (κ1) is 16.9. The number of hydrogen-bond donors (Lipinski definition) is 0. The minimum atomic E-state index is 0.114. The van der Waals surface area contributed by atoms with Crippen LogP contribution in [0.4, 0.5) is 5.69 Å². The molecule has 5 rings (SSSR count). The van der Waals surface area contributed by atoms with Crippen LogP contribution < -0.4 is 9.64 Å². The number of ether oxygens (including phenoxy) is 1. The lowest BCUT2D eigenvalue weighted by molar-refractivity contribution is -0.0336. The fourth-order valence-corrected chi connectivity index (χ4v) is 5.17. The van der Waals surface area contributed by atoms with Crippen molar-refractivity contribution in [3.63, 3.8) is 0 Å². The van der Waals surface area contributed by atoms with Crippen molar-refractivity contribution in [2.45, 2.75) is 56.6 Å². The summed E-state index contributed by atoms with van der Waals surface area (Å²) in [5.74, 6) is 1.16. The van der Waals surface area contributed by atoms with Crippen LogP contribution in [0.25, 0.3) is 0 Å². The van der Waals surface area contributed by atoms with Gasteiger partial charge in [0.1, 0.15) is 11.4 Å². The van der Waals surface area contributed by atoms with Gasteiger partial charge in [-0.3, -0.25) is 0 Å². The van der Waals surface area contributed by atoms with Crippen LogP contribution in [0.15, 0.2) is 18.2 Å². The molecule has 3 aliphatic heterocycles. The van der Waals surface area contributed by atoms with Crippen molar-refractivity contribution in [3.8, 4) is 5.75 Å². The summed E-state index contributed by atoms with van der Waals surface area (Å²) in [6.07, 6.45) is 9.08. The Morgan fingerprint density at radius 1 is 0.962 bits per heavy atom. The van der Waals surface area contributed by atoms with Crippen LogP contribution >= 0.6 is 0 Å². The van der Waals surface area contributed by atoms with Crippen LogP contribution in [0, 0.1) is 0 Å². The lowest BCUT2D eigenvalue weighted by atomic mass is 9.81. The number of hydrogen-bond acceptors (Lipinski definition) is 4. The van der Waals surface area contributed by atoms with E-state index in [1.807, 2.05) is 0 Å². The van der Waals surface area contributed by atoms with E-state index in [9.17, 15) is 0 Å². The maximum absolute atomic E-state index is 6.65. The molecule has 2 saturated heterocycles. The van der Waals surface area contributed by atoms with Crippen LogP contribution in [0.5, 0.6) is 5.75 Å². The molecule has 0 N–H and O–H groups in total. The SMILES string of the molecule is CN1CCN(c2ccc3c(c2)CCC2(CCN(C4CCC4)CC2)O3)CC1. The first-order chi connectivity index (χ1) is 12.7. The van der Waals surface area contributed by atoms with Gasteiger partial charge in [-0.25, -0.2) is 0 Å². The maximum atomic E-state index is 6.65. The van der Waals surface area contributed by atoms with Crippen molar-refractivity contribution in [2.24, 2.45) is 0 Å². The molecule has 0 unspecified atom stereocenters. The van der Waals surface area contributed by atoms with Crippen molar-refractivity contribution < 1.29 is 4.74 Å². The highest BCUT2D eigenvalue weighted by atomic mass is 16.5. The van der Waals surface area contributed by atoms with Crippen molar-refractivity contribution >= 4 is 5.69 Å². The van der Waals surface area contributed by atoms with Crippen molar-refractivity contribution in [3.05, 3.63) is 23.8 Å². The van der Waals surface area contributed by atoms with Crippen LogP contribution in [0.3, 0.4) is 0 Å². The van der Waals surface area contributed by atoms with Crippen LogP contribution in [0.2, 0.25) is 0 Å². The van der Waals surface area contributed by atoms with Crippen molar-refractivity contribution in [1.29, 1.82) is 0 Å². The monoisotopic (exact) mass is 355 g/mol. The largest absolute Gasteiger partial charge is 0.487 e. The van der Waals surface area contributed by atoms with Gasteiger partial charge >= 0.3 is 0 Å². The van der Waals surface area contributed by atoms with Gasteiger partial charge in [0.15, 0.2) is 0 Å². The molecule has 142 valence electrons. The fraction of sp³-hybridized carbons (Fsp3) is 0.727. The molecule has 0 aromatic heterocycles. The molecular weight excluding hydrogens is 322 g/mol. The fourth-order valence-electron chi connectivity index (χ4n) is 5.17. The summed E-state index contributed by atoms with van der Waals surface area (Å²) in [4.78, 5) is 7.67. The molecule has 3 heterocycles. The smallest absolute Gasteiger partial charge is 0.123 e. The number of likely N-dealkylation sites (tertiary alicyclic amines) is 1. The summed E-state index contributed by atoms with van der Waals surface area (Å²) in [5, 5.41) is 0. The van der Waals surface area contributed by atoms with E-state index in [1.165, 1.54) is 69.3 Å². The Bertz CT molecular complexity index is 641. The first-order valence-electron chi connectivity index (χ1n) is 10.7. The highest BCUT2D eigenvalue weighted by Crippen LogP contribution is 2.42. The van der Waals surface area contributed by atoms with Gasteiger partial charge in [0.25, 0.3) is 0 Å². The second kappa shape index (κ2) is 6.72. The van der Waals surface area contributed by atoms with Gasteiger partial charge < -0.3 is 19.4 Å². The zero-order valence-electron chi connectivity index (χ0n) is 16.3. The molecule has 1 aromatic carbocycles. The number of piperazine rings is 1. The number of nitrogens with zero attached hydrogens (tertiary/aromatic N) is 3. The molecule has 1 aromatic rings.